The number of nitrogens with zero attached hydrogens (tertiary/aromatic N) is 2. The molecule has 0 aliphatic carbocycles. The van der Waals surface area contributed by atoms with Crippen molar-refractivity contribution < 1.29 is 19.4 Å². The SMILES string of the molecule is COC(CN1C(=O)c2[nH]nc(-c3ccc(O)cc3)c2C1c1cccc(Br)c1)OC. The standard InChI is InChI=1S/C21H20BrN3O4/c1-28-16(29-2)11-25-20(13-4-3-5-14(22)10-13)17-18(23-24-19(17)21(25)27)12-6-8-15(26)9-7-12/h3-10,16,20,26H,11H2,1-2H3,(H,23,24). The average molecular weight is 458 g/mol. The summed E-state index contributed by atoms with van der Waals surface area (Å²) >= 11 is 3.52. The summed E-state index contributed by atoms with van der Waals surface area (Å²) in [5, 5.41) is 16.9. The van der Waals surface area contributed by atoms with Crippen molar-refractivity contribution >= 4 is 21.8 Å². The van der Waals surface area contributed by atoms with Gasteiger partial charge in [0, 0.05) is 29.8 Å². The molecule has 8 heteroatoms. The Morgan fingerprint density at radius 2 is 1.93 bits per heavy atom. The number of rotatable bonds is 6. The Kier molecular flexibility index (Phi) is 5.40. The van der Waals surface area contributed by atoms with E-state index in [2.05, 4.69) is 26.1 Å². The molecule has 1 aliphatic rings. The first kappa shape index (κ1) is 19.6. The van der Waals surface area contributed by atoms with Crippen LogP contribution < -0.4 is 0 Å². The molecule has 2 heterocycles. The molecule has 2 aromatic carbocycles. The molecular weight excluding hydrogens is 438 g/mol. The molecule has 0 saturated heterocycles. The molecule has 4 rings (SSSR count). The van der Waals surface area contributed by atoms with Gasteiger partial charge in [0.15, 0.2) is 6.29 Å². The number of phenols is 1. The smallest absolute Gasteiger partial charge is 0.273 e. The molecule has 3 aromatic rings. The van der Waals surface area contributed by atoms with Crippen molar-refractivity contribution in [3.05, 3.63) is 69.8 Å². The Hall–Kier alpha value is -2.68. The van der Waals surface area contributed by atoms with Crippen molar-refractivity contribution in [2.24, 2.45) is 0 Å². The number of aromatic amines is 1. The number of phenolic OH excluding ortho intramolecular Hbond substituents is 1. The predicted octanol–water partition coefficient (Wildman–Crippen LogP) is 3.71. The molecule has 0 fully saturated rings. The van der Waals surface area contributed by atoms with Gasteiger partial charge >= 0.3 is 0 Å². The van der Waals surface area contributed by atoms with Gasteiger partial charge in [-0.15, -0.1) is 0 Å². The number of hydrogen-bond acceptors (Lipinski definition) is 5. The van der Waals surface area contributed by atoms with E-state index in [0.717, 1.165) is 21.2 Å². The zero-order valence-electron chi connectivity index (χ0n) is 15.9. The van der Waals surface area contributed by atoms with E-state index in [1.807, 2.05) is 24.3 Å². The summed E-state index contributed by atoms with van der Waals surface area (Å²) in [6.07, 6.45) is -0.553. The quantitative estimate of drug-likeness (QED) is 0.550. The first-order valence-corrected chi connectivity index (χ1v) is 9.82. The minimum atomic E-state index is -0.553. The van der Waals surface area contributed by atoms with Crippen LogP contribution in [0.4, 0.5) is 0 Å². The van der Waals surface area contributed by atoms with Crippen molar-refractivity contribution in [2.45, 2.75) is 12.3 Å². The van der Waals surface area contributed by atoms with Gasteiger partial charge in [-0.1, -0.05) is 28.1 Å². The van der Waals surface area contributed by atoms with Gasteiger partial charge in [-0.05, 0) is 42.0 Å². The largest absolute Gasteiger partial charge is 0.508 e. The first-order chi connectivity index (χ1) is 14.0. The molecule has 1 unspecified atom stereocenters. The average Bonchev–Trinajstić information content (AvgIpc) is 3.26. The lowest BCUT2D eigenvalue weighted by Gasteiger charge is -2.29. The number of methoxy groups -OCH3 is 2. The molecule has 29 heavy (non-hydrogen) atoms. The van der Waals surface area contributed by atoms with E-state index in [1.165, 1.54) is 0 Å². The minimum Gasteiger partial charge on any atom is -0.508 e. The number of fused-ring (bicyclic) bond motifs is 1. The fraction of sp³-hybridized carbons (Fsp3) is 0.238. The Balaban J connectivity index is 1.85. The Morgan fingerprint density at radius 3 is 2.59 bits per heavy atom. The fourth-order valence-electron chi connectivity index (χ4n) is 3.65. The summed E-state index contributed by atoms with van der Waals surface area (Å²) in [7, 11) is 3.09. The topological polar surface area (TPSA) is 87.7 Å². The van der Waals surface area contributed by atoms with Crippen molar-refractivity contribution in [2.75, 3.05) is 20.8 Å². The monoisotopic (exact) mass is 457 g/mol. The van der Waals surface area contributed by atoms with Crippen LogP contribution in [-0.4, -0.2) is 53.2 Å². The summed E-state index contributed by atoms with van der Waals surface area (Å²) in [4.78, 5) is 15.0. The molecule has 0 saturated carbocycles. The van der Waals surface area contributed by atoms with Crippen molar-refractivity contribution in [1.29, 1.82) is 0 Å². The Bertz CT molecular complexity index is 1030. The summed E-state index contributed by atoms with van der Waals surface area (Å²) in [5.41, 5.74) is 3.67. The molecule has 7 nitrogen and oxygen atoms in total. The van der Waals surface area contributed by atoms with Gasteiger partial charge < -0.3 is 19.5 Å². The van der Waals surface area contributed by atoms with Crippen LogP contribution in [0.3, 0.4) is 0 Å². The van der Waals surface area contributed by atoms with Crippen LogP contribution in [0.5, 0.6) is 5.75 Å². The van der Waals surface area contributed by atoms with E-state index in [-0.39, 0.29) is 24.2 Å². The van der Waals surface area contributed by atoms with E-state index in [1.54, 1.807) is 43.4 Å². The number of carbonyl (C=O) groups is 1. The number of ether oxygens (including phenoxy) is 2. The van der Waals surface area contributed by atoms with Crippen LogP contribution in [0, 0.1) is 0 Å². The van der Waals surface area contributed by atoms with Gasteiger partial charge in [-0.25, -0.2) is 0 Å². The van der Waals surface area contributed by atoms with E-state index in [4.69, 9.17) is 9.47 Å². The molecule has 0 radical (unpaired) electrons. The highest BCUT2D eigenvalue weighted by atomic mass is 79.9. The normalized spacial score (nSPS) is 15.9. The van der Waals surface area contributed by atoms with E-state index in [0.29, 0.717) is 11.4 Å². The lowest BCUT2D eigenvalue weighted by molar-refractivity contribution is -0.113. The number of carbonyl (C=O) groups excluding carboxylic acids is 1. The van der Waals surface area contributed by atoms with Crippen LogP contribution in [0.2, 0.25) is 0 Å². The summed E-state index contributed by atoms with van der Waals surface area (Å²) < 4.78 is 11.6. The van der Waals surface area contributed by atoms with Crippen LogP contribution in [0.1, 0.15) is 27.7 Å². The second-order valence-electron chi connectivity index (χ2n) is 6.72. The van der Waals surface area contributed by atoms with Gasteiger partial charge in [0.2, 0.25) is 0 Å². The second kappa shape index (κ2) is 7.98. The third kappa shape index (κ3) is 3.55. The van der Waals surface area contributed by atoms with Crippen LogP contribution >= 0.6 is 15.9 Å². The van der Waals surface area contributed by atoms with Gasteiger partial charge in [-0.2, -0.15) is 5.10 Å². The highest BCUT2D eigenvalue weighted by molar-refractivity contribution is 9.10. The molecule has 1 amide bonds. The zero-order valence-corrected chi connectivity index (χ0v) is 17.5. The Morgan fingerprint density at radius 1 is 1.21 bits per heavy atom. The number of nitrogens with one attached hydrogen (secondary N) is 1. The molecule has 1 aliphatic heterocycles. The lowest BCUT2D eigenvalue weighted by Crippen LogP contribution is -2.38. The number of H-pyrrole nitrogens is 1. The highest BCUT2D eigenvalue weighted by Gasteiger charge is 2.43. The predicted molar refractivity (Wildman–Crippen MR) is 111 cm³/mol. The molecular formula is C21H20BrN3O4. The highest BCUT2D eigenvalue weighted by Crippen LogP contribution is 2.43. The maximum atomic E-state index is 13.2. The second-order valence-corrected chi connectivity index (χ2v) is 7.64. The van der Waals surface area contributed by atoms with Crippen molar-refractivity contribution in [3.8, 4) is 17.0 Å². The molecule has 0 spiro atoms. The van der Waals surface area contributed by atoms with Crippen LogP contribution in [0.25, 0.3) is 11.3 Å². The maximum Gasteiger partial charge on any atom is 0.273 e. The number of benzene rings is 2. The third-order valence-electron chi connectivity index (χ3n) is 5.04. The van der Waals surface area contributed by atoms with E-state index in [9.17, 15) is 9.90 Å². The zero-order chi connectivity index (χ0) is 20.5. The molecule has 2 N–H and O–H groups in total. The van der Waals surface area contributed by atoms with Crippen LogP contribution in [-0.2, 0) is 9.47 Å². The maximum absolute atomic E-state index is 13.2. The van der Waals surface area contributed by atoms with Gasteiger partial charge in [0.1, 0.15) is 11.4 Å². The minimum absolute atomic E-state index is 0.165. The number of halogens is 1. The number of aromatic hydroxyl groups is 1. The number of amides is 1. The first-order valence-electron chi connectivity index (χ1n) is 9.03. The van der Waals surface area contributed by atoms with Gasteiger partial charge in [-0.3, -0.25) is 9.89 Å². The molecule has 1 atom stereocenters. The molecule has 0 bridgehead atoms. The molecule has 150 valence electrons. The molecule has 1 aromatic heterocycles. The van der Waals surface area contributed by atoms with Crippen molar-refractivity contribution in [1.82, 2.24) is 15.1 Å². The fourth-order valence-corrected chi connectivity index (χ4v) is 4.07. The van der Waals surface area contributed by atoms with E-state index >= 15 is 0 Å². The van der Waals surface area contributed by atoms with Gasteiger partial charge in [0.05, 0.1) is 18.3 Å². The number of aromatic nitrogens is 2. The lowest BCUT2D eigenvalue weighted by atomic mass is 9.96. The third-order valence-corrected chi connectivity index (χ3v) is 5.53. The summed E-state index contributed by atoms with van der Waals surface area (Å²) in [5.74, 6) is 0.00630. The van der Waals surface area contributed by atoms with E-state index < -0.39 is 6.29 Å². The Labute approximate surface area is 176 Å². The summed E-state index contributed by atoms with van der Waals surface area (Å²) in [6, 6.07) is 14.3. The van der Waals surface area contributed by atoms with Crippen LogP contribution in [0.15, 0.2) is 53.0 Å². The number of hydrogen-bond donors (Lipinski definition) is 2. The van der Waals surface area contributed by atoms with Crippen molar-refractivity contribution in [3.63, 3.8) is 0 Å². The van der Waals surface area contributed by atoms with Gasteiger partial charge in [0.25, 0.3) is 5.91 Å². The summed E-state index contributed by atoms with van der Waals surface area (Å²) in [6.45, 7) is 0.264.